The van der Waals surface area contributed by atoms with Crippen molar-refractivity contribution in [3.8, 4) is 0 Å². The van der Waals surface area contributed by atoms with E-state index in [1.807, 2.05) is 0 Å². The molecule has 0 aliphatic heterocycles. The van der Waals surface area contributed by atoms with E-state index in [1.54, 1.807) is 0 Å². The fraction of sp³-hybridized carbons (Fsp3) is 0.667. The molecular weight excluding hydrogens is 172 g/mol. The highest BCUT2D eigenvalue weighted by molar-refractivity contribution is 6.80. The Morgan fingerprint density at radius 3 is 2.23 bits per heavy atom. The second kappa shape index (κ2) is 7.13. The molecule has 0 bridgehead atoms. The van der Waals surface area contributed by atoms with E-state index in [2.05, 4.69) is 50.5 Å². The van der Waals surface area contributed by atoms with E-state index in [-0.39, 0.29) is 0 Å². The number of unbranched alkanes of at least 4 members (excludes halogenated alkanes) is 3. The van der Waals surface area contributed by atoms with Crippen LogP contribution in [0.1, 0.15) is 32.6 Å². The maximum Gasteiger partial charge on any atom is 0.0686 e. The van der Waals surface area contributed by atoms with Crippen LogP contribution in [0.15, 0.2) is 23.9 Å². The van der Waals surface area contributed by atoms with Gasteiger partial charge < -0.3 is 0 Å². The molecule has 0 rings (SSSR count). The summed E-state index contributed by atoms with van der Waals surface area (Å²) in [6, 6.07) is 0. The summed E-state index contributed by atoms with van der Waals surface area (Å²) in [5.74, 6) is 0. The van der Waals surface area contributed by atoms with Gasteiger partial charge in [-0.1, -0.05) is 63.3 Å². The first-order valence-electron chi connectivity index (χ1n) is 5.40. The molecule has 0 aliphatic rings. The van der Waals surface area contributed by atoms with Gasteiger partial charge in [-0.05, 0) is 12.8 Å². The van der Waals surface area contributed by atoms with Gasteiger partial charge in [0.05, 0.1) is 8.07 Å². The van der Waals surface area contributed by atoms with Crippen molar-refractivity contribution in [3.63, 3.8) is 0 Å². The summed E-state index contributed by atoms with van der Waals surface area (Å²) in [6.45, 7) is 9.31. The molecule has 0 aromatic carbocycles. The fourth-order valence-electron chi connectivity index (χ4n) is 1.03. The fourth-order valence-corrected chi connectivity index (χ4v) is 1.72. The molecule has 0 unspecified atom stereocenters. The van der Waals surface area contributed by atoms with Gasteiger partial charge >= 0.3 is 0 Å². The summed E-state index contributed by atoms with van der Waals surface area (Å²) in [5.41, 5.74) is 2.38. The summed E-state index contributed by atoms with van der Waals surface area (Å²) in [6.07, 6.45) is 12.0. The zero-order chi connectivity index (χ0) is 10.2. The van der Waals surface area contributed by atoms with Crippen molar-refractivity contribution >= 4 is 8.07 Å². The second-order valence-electron chi connectivity index (χ2n) is 4.65. The van der Waals surface area contributed by atoms with Gasteiger partial charge in [0.1, 0.15) is 0 Å². The molecule has 0 fully saturated rings. The Hall–Kier alpha value is -0.303. The van der Waals surface area contributed by atoms with Crippen molar-refractivity contribution in [3.05, 3.63) is 23.9 Å². The molecule has 0 aliphatic carbocycles. The lowest BCUT2D eigenvalue weighted by atomic mass is 10.2. The molecule has 76 valence electrons. The van der Waals surface area contributed by atoms with E-state index in [0.29, 0.717) is 0 Å². The highest BCUT2D eigenvalue weighted by Crippen LogP contribution is 2.03. The Bertz CT molecular complexity index is 160. The van der Waals surface area contributed by atoms with Crippen LogP contribution in [0.2, 0.25) is 19.6 Å². The molecule has 0 atom stereocenters. The van der Waals surface area contributed by atoms with Crippen LogP contribution in [0, 0.1) is 0 Å². The van der Waals surface area contributed by atoms with Crippen LogP contribution in [0.25, 0.3) is 0 Å². The van der Waals surface area contributed by atoms with Crippen LogP contribution in [0.3, 0.4) is 0 Å². The Morgan fingerprint density at radius 1 is 1.00 bits per heavy atom. The van der Waals surface area contributed by atoms with Crippen LogP contribution < -0.4 is 0 Å². The molecule has 0 amide bonds. The molecule has 0 spiro atoms. The number of hydrogen-bond donors (Lipinski definition) is 0. The third-order valence-electron chi connectivity index (χ3n) is 1.82. The first-order valence-corrected chi connectivity index (χ1v) is 8.98. The molecule has 0 saturated heterocycles. The smallest absolute Gasteiger partial charge is 0.0686 e. The van der Waals surface area contributed by atoms with Gasteiger partial charge in [-0.15, -0.1) is 0 Å². The number of allylic oxidation sites excluding steroid dienone is 3. The van der Waals surface area contributed by atoms with Gasteiger partial charge in [-0.2, -0.15) is 0 Å². The van der Waals surface area contributed by atoms with E-state index in [1.165, 1.54) is 25.7 Å². The summed E-state index contributed by atoms with van der Waals surface area (Å²) in [7, 11) is -0.964. The normalized spacial score (nSPS) is 13.2. The predicted octanol–water partition coefficient (Wildman–Crippen LogP) is 4.56. The van der Waals surface area contributed by atoms with Crippen molar-refractivity contribution in [2.45, 2.75) is 52.2 Å². The highest BCUT2D eigenvalue weighted by Gasteiger charge is 2.05. The van der Waals surface area contributed by atoms with Crippen molar-refractivity contribution in [2.75, 3.05) is 0 Å². The summed E-state index contributed by atoms with van der Waals surface area (Å²) in [5, 5.41) is 0. The van der Waals surface area contributed by atoms with E-state index in [0.717, 1.165) is 0 Å². The third kappa shape index (κ3) is 11.7. The lowest BCUT2D eigenvalue weighted by molar-refractivity contribution is 0.729. The lowest BCUT2D eigenvalue weighted by Crippen LogP contribution is -2.14. The molecule has 0 heterocycles. The quantitative estimate of drug-likeness (QED) is 0.332. The molecule has 0 saturated carbocycles. The number of hydrogen-bond acceptors (Lipinski definition) is 0. The summed E-state index contributed by atoms with van der Waals surface area (Å²) < 4.78 is 0. The topological polar surface area (TPSA) is 0 Å². The minimum Gasteiger partial charge on any atom is -0.0950 e. The van der Waals surface area contributed by atoms with E-state index >= 15 is 0 Å². The Balaban J connectivity index is 3.46. The zero-order valence-corrected chi connectivity index (χ0v) is 10.6. The van der Waals surface area contributed by atoms with Crippen LogP contribution in [0.4, 0.5) is 0 Å². The van der Waals surface area contributed by atoms with Crippen LogP contribution in [0.5, 0.6) is 0 Å². The SMILES string of the molecule is CCCCC/C=C\C=C\[Si](C)(C)C. The zero-order valence-electron chi connectivity index (χ0n) is 9.64. The summed E-state index contributed by atoms with van der Waals surface area (Å²) >= 11 is 0. The van der Waals surface area contributed by atoms with Gasteiger partial charge in [0.25, 0.3) is 0 Å². The highest BCUT2D eigenvalue weighted by atomic mass is 28.3. The van der Waals surface area contributed by atoms with Gasteiger partial charge in [-0.25, -0.2) is 0 Å². The van der Waals surface area contributed by atoms with Gasteiger partial charge in [0.2, 0.25) is 0 Å². The average Bonchev–Trinajstić information content (AvgIpc) is 2.01. The first-order chi connectivity index (χ1) is 6.06. The van der Waals surface area contributed by atoms with Crippen LogP contribution >= 0.6 is 0 Å². The standard InChI is InChI=1S/C12H24Si/c1-5-6-7-8-9-10-11-12-13(2,3)4/h9-12H,5-8H2,1-4H3/b10-9-,12-11+. The van der Waals surface area contributed by atoms with Gasteiger partial charge in [0, 0.05) is 0 Å². The minimum absolute atomic E-state index is 0.964. The number of rotatable bonds is 6. The molecule has 0 aromatic heterocycles. The Morgan fingerprint density at radius 2 is 1.69 bits per heavy atom. The molecule has 1 heteroatoms. The maximum atomic E-state index is 2.38. The monoisotopic (exact) mass is 196 g/mol. The average molecular weight is 196 g/mol. The Labute approximate surface area is 84.8 Å². The van der Waals surface area contributed by atoms with Gasteiger partial charge in [-0.3, -0.25) is 0 Å². The van der Waals surface area contributed by atoms with E-state index in [4.69, 9.17) is 0 Å². The van der Waals surface area contributed by atoms with Crippen molar-refractivity contribution < 1.29 is 0 Å². The molecule has 0 nitrogen and oxygen atoms in total. The van der Waals surface area contributed by atoms with E-state index in [9.17, 15) is 0 Å². The lowest BCUT2D eigenvalue weighted by Gasteiger charge is -2.06. The van der Waals surface area contributed by atoms with Crippen LogP contribution in [-0.4, -0.2) is 8.07 Å². The molecule has 0 aromatic rings. The molecule has 0 N–H and O–H groups in total. The largest absolute Gasteiger partial charge is 0.0950 e. The summed E-state index contributed by atoms with van der Waals surface area (Å²) in [4.78, 5) is 0. The van der Waals surface area contributed by atoms with Gasteiger partial charge in [0.15, 0.2) is 0 Å². The van der Waals surface area contributed by atoms with Crippen molar-refractivity contribution in [2.24, 2.45) is 0 Å². The maximum absolute atomic E-state index is 2.38. The predicted molar refractivity (Wildman–Crippen MR) is 65.8 cm³/mol. The molecule has 0 radical (unpaired) electrons. The molecule has 13 heavy (non-hydrogen) atoms. The van der Waals surface area contributed by atoms with Crippen molar-refractivity contribution in [1.29, 1.82) is 0 Å². The van der Waals surface area contributed by atoms with E-state index < -0.39 is 8.07 Å². The third-order valence-corrected chi connectivity index (χ3v) is 3.01. The van der Waals surface area contributed by atoms with Crippen molar-refractivity contribution in [1.82, 2.24) is 0 Å². The Kier molecular flexibility index (Phi) is 6.97. The van der Waals surface area contributed by atoms with Crippen LogP contribution in [-0.2, 0) is 0 Å². The first kappa shape index (κ1) is 12.7. The second-order valence-corrected chi connectivity index (χ2v) is 9.71. The minimum atomic E-state index is -0.964. The molecular formula is C12H24Si.